The zero-order valence-corrected chi connectivity index (χ0v) is 48.6. The molecule has 0 aromatic heterocycles. The van der Waals surface area contributed by atoms with Crippen LogP contribution in [0.3, 0.4) is 0 Å². The van der Waals surface area contributed by atoms with Crippen molar-refractivity contribution < 1.29 is 28.6 Å². The molecule has 0 saturated carbocycles. The Kier molecular flexibility index (Phi) is 58.8. The van der Waals surface area contributed by atoms with Crippen molar-refractivity contribution in [2.24, 2.45) is 0 Å². The molecule has 1 unspecified atom stereocenters. The van der Waals surface area contributed by atoms with Gasteiger partial charge in [-0.3, -0.25) is 14.4 Å². The Morgan fingerprint density at radius 3 is 0.865 bits per heavy atom. The van der Waals surface area contributed by atoms with Crippen molar-refractivity contribution in [2.45, 2.75) is 303 Å². The van der Waals surface area contributed by atoms with Gasteiger partial charge < -0.3 is 14.2 Å². The molecule has 0 amide bonds. The Morgan fingerprint density at radius 2 is 0.527 bits per heavy atom. The molecule has 0 aromatic rings. The second kappa shape index (κ2) is 61.9. The highest BCUT2D eigenvalue weighted by Crippen LogP contribution is 2.15. The number of ether oxygens (including phenoxy) is 3. The summed E-state index contributed by atoms with van der Waals surface area (Å²) in [5.41, 5.74) is 0. The standard InChI is InChI=1S/C68H116O6/c1-4-7-10-13-16-19-22-25-28-31-32-33-34-35-36-38-40-43-46-49-52-55-58-61-67(70)73-64-65(63-72-66(69)60-57-54-51-48-45-42-39-30-27-24-21-18-15-12-9-6-3)74-68(71)62-59-56-53-50-47-44-41-37-29-26-23-20-17-14-11-8-5-2/h7,10,16-17,19-20,25-26,28-30,32-33,35-36,39,65H,4-6,8-9,11-15,18,21-24,27,31,34,37-38,40-64H2,1-3H3/b10-7-,19-16-,20-17-,28-25-,29-26-,33-32-,36-35-,39-30-. The summed E-state index contributed by atoms with van der Waals surface area (Å²) in [5.74, 6) is -0.907. The van der Waals surface area contributed by atoms with Crippen molar-refractivity contribution in [3.63, 3.8) is 0 Å². The first-order valence-electron chi connectivity index (χ1n) is 31.2. The fourth-order valence-electron chi connectivity index (χ4n) is 8.61. The van der Waals surface area contributed by atoms with Crippen LogP contribution in [0.15, 0.2) is 97.2 Å². The van der Waals surface area contributed by atoms with Gasteiger partial charge in [-0.2, -0.15) is 0 Å². The summed E-state index contributed by atoms with van der Waals surface area (Å²) in [4.78, 5) is 38.3. The fraction of sp³-hybridized carbons (Fsp3) is 0.721. The topological polar surface area (TPSA) is 78.9 Å². The lowest BCUT2D eigenvalue weighted by Crippen LogP contribution is -2.30. The third-order valence-corrected chi connectivity index (χ3v) is 13.3. The second-order valence-corrected chi connectivity index (χ2v) is 20.6. The van der Waals surface area contributed by atoms with E-state index in [1.807, 2.05) is 0 Å². The molecule has 0 aliphatic rings. The number of hydrogen-bond acceptors (Lipinski definition) is 6. The Bertz CT molecular complexity index is 1460. The zero-order valence-electron chi connectivity index (χ0n) is 48.6. The summed E-state index contributed by atoms with van der Waals surface area (Å²) in [5, 5.41) is 0. The van der Waals surface area contributed by atoms with Gasteiger partial charge in [0, 0.05) is 19.3 Å². The van der Waals surface area contributed by atoms with Crippen LogP contribution in [0.4, 0.5) is 0 Å². The quantitative estimate of drug-likeness (QED) is 0.0261. The molecule has 1 atom stereocenters. The molecule has 0 fully saturated rings. The largest absolute Gasteiger partial charge is 0.462 e. The number of hydrogen-bond donors (Lipinski definition) is 0. The molecule has 0 N–H and O–H groups in total. The summed E-state index contributed by atoms with van der Waals surface area (Å²) in [6.45, 7) is 6.50. The molecule has 0 bridgehead atoms. The zero-order chi connectivity index (χ0) is 53.6. The fourth-order valence-corrected chi connectivity index (χ4v) is 8.61. The molecule has 0 heterocycles. The predicted octanol–water partition coefficient (Wildman–Crippen LogP) is 21.3. The van der Waals surface area contributed by atoms with Crippen LogP contribution >= 0.6 is 0 Å². The maximum absolute atomic E-state index is 12.9. The summed E-state index contributed by atoms with van der Waals surface area (Å²) in [6.07, 6.45) is 82.5. The highest BCUT2D eigenvalue weighted by Gasteiger charge is 2.19. The minimum atomic E-state index is -0.792. The third kappa shape index (κ3) is 59.2. The van der Waals surface area contributed by atoms with Gasteiger partial charge in [0.05, 0.1) is 0 Å². The average molecular weight is 1030 g/mol. The van der Waals surface area contributed by atoms with E-state index in [1.54, 1.807) is 0 Å². The van der Waals surface area contributed by atoms with Crippen molar-refractivity contribution >= 4 is 17.9 Å². The lowest BCUT2D eigenvalue weighted by molar-refractivity contribution is -0.167. The van der Waals surface area contributed by atoms with Crippen LogP contribution < -0.4 is 0 Å². The van der Waals surface area contributed by atoms with Crippen LogP contribution in [0.25, 0.3) is 0 Å². The molecule has 424 valence electrons. The molecule has 74 heavy (non-hydrogen) atoms. The van der Waals surface area contributed by atoms with Gasteiger partial charge in [0.2, 0.25) is 0 Å². The highest BCUT2D eigenvalue weighted by atomic mass is 16.6. The molecular formula is C68H116O6. The van der Waals surface area contributed by atoms with E-state index in [2.05, 4.69) is 118 Å². The molecule has 6 nitrogen and oxygen atoms in total. The number of carbonyl (C=O) groups is 3. The van der Waals surface area contributed by atoms with E-state index in [4.69, 9.17) is 14.2 Å². The SMILES string of the molecule is CC/C=C\C/C=C\C/C=C\C/C=C\C/C=C\CCCCCCCCCC(=O)OCC(COC(=O)CCCCCCC/C=C\CCCCCCCCC)OC(=O)CCCCCCCCC/C=C\C/C=C\CCCCC. The van der Waals surface area contributed by atoms with Crippen LogP contribution in [0, 0.1) is 0 Å². The maximum Gasteiger partial charge on any atom is 0.306 e. The van der Waals surface area contributed by atoms with Crippen molar-refractivity contribution in [3.05, 3.63) is 97.2 Å². The minimum absolute atomic E-state index is 0.0882. The van der Waals surface area contributed by atoms with E-state index in [0.29, 0.717) is 19.3 Å². The molecule has 0 saturated heterocycles. The van der Waals surface area contributed by atoms with Crippen molar-refractivity contribution in [1.82, 2.24) is 0 Å². The number of unbranched alkanes of at least 4 members (excludes halogenated alkanes) is 29. The van der Waals surface area contributed by atoms with Gasteiger partial charge in [-0.1, -0.05) is 253 Å². The first kappa shape index (κ1) is 70.3. The monoisotopic (exact) mass is 1030 g/mol. The molecule has 0 radical (unpaired) electrons. The molecule has 0 aliphatic carbocycles. The van der Waals surface area contributed by atoms with Gasteiger partial charge in [0.1, 0.15) is 13.2 Å². The summed E-state index contributed by atoms with van der Waals surface area (Å²) < 4.78 is 16.9. The Labute approximate surface area is 457 Å². The normalized spacial score (nSPS) is 12.7. The highest BCUT2D eigenvalue weighted by molar-refractivity contribution is 5.71. The van der Waals surface area contributed by atoms with Crippen LogP contribution in [0.2, 0.25) is 0 Å². The molecule has 0 rings (SSSR count). The number of esters is 3. The van der Waals surface area contributed by atoms with Crippen LogP contribution in [0.5, 0.6) is 0 Å². The summed E-state index contributed by atoms with van der Waals surface area (Å²) in [7, 11) is 0. The molecule has 6 heteroatoms. The minimum Gasteiger partial charge on any atom is -0.462 e. The predicted molar refractivity (Wildman–Crippen MR) is 320 cm³/mol. The van der Waals surface area contributed by atoms with Gasteiger partial charge in [-0.05, 0) is 122 Å². The Balaban J connectivity index is 4.41. The number of allylic oxidation sites excluding steroid dienone is 16. The van der Waals surface area contributed by atoms with Crippen molar-refractivity contribution in [1.29, 1.82) is 0 Å². The second-order valence-electron chi connectivity index (χ2n) is 20.6. The van der Waals surface area contributed by atoms with Crippen LogP contribution in [-0.2, 0) is 28.6 Å². The maximum atomic E-state index is 12.9. The van der Waals surface area contributed by atoms with E-state index in [-0.39, 0.29) is 31.1 Å². The van der Waals surface area contributed by atoms with E-state index >= 15 is 0 Å². The van der Waals surface area contributed by atoms with Crippen molar-refractivity contribution in [2.75, 3.05) is 13.2 Å². The average Bonchev–Trinajstić information content (AvgIpc) is 3.40. The lowest BCUT2D eigenvalue weighted by Gasteiger charge is -2.18. The van der Waals surface area contributed by atoms with E-state index in [1.165, 1.54) is 141 Å². The van der Waals surface area contributed by atoms with Gasteiger partial charge in [0.15, 0.2) is 6.10 Å². The van der Waals surface area contributed by atoms with Gasteiger partial charge in [0.25, 0.3) is 0 Å². The van der Waals surface area contributed by atoms with Gasteiger partial charge in [-0.15, -0.1) is 0 Å². The molecule has 0 spiro atoms. The Hall–Kier alpha value is -3.67. The van der Waals surface area contributed by atoms with E-state index in [9.17, 15) is 14.4 Å². The van der Waals surface area contributed by atoms with Crippen LogP contribution in [-0.4, -0.2) is 37.2 Å². The smallest absolute Gasteiger partial charge is 0.306 e. The first-order chi connectivity index (χ1) is 36.5. The van der Waals surface area contributed by atoms with Gasteiger partial charge in [-0.25, -0.2) is 0 Å². The molecule has 0 aliphatic heterocycles. The summed E-state index contributed by atoms with van der Waals surface area (Å²) >= 11 is 0. The van der Waals surface area contributed by atoms with Gasteiger partial charge >= 0.3 is 17.9 Å². The third-order valence-electron chi connectivity index (χ3n) is 13.3. The Morgan fingerprint density at radius 1 is 0.284 bits per heavy atom. The lowest BCUT2D eigenvalue weighted by atomic mass is 10.1. The summed E-state index contributed by atoms with van der Waals surface area (Å²) in [6, 6.07) is 0. The van der Waals surface area contributed by atoms with Crippen LogP contribution in [0.1, 0.15) is 297 Å². The number of carbonyl (C=O) groups excluding carboxylic acids is 3. The van der Waals surface area contributed by atoms with E-state index < -0.39 is 6.10 Å². The first-order valence-corrected chi connectivity index (χ1v) is 31.2. The molecule has 0 aromatic carbocycles. The number of rotatable bonds is 56. The van der Waals surface area contributed by atoms with E-state index in [0.717, 1.165) is 116 Å². The molecular weight excluding hydrogens is 913 g/mol. The van der Waals surface area contributed by atoms with Crippen molar-refractivity contribution in [3.8, 4) is 0 Å².